The van der Waals surface area contributed by atoms with Gasteiger partial charge in [-0.25, -0.2) is 9.59 Å². The zero-order chi connectivity index (χ0) is 21.5. The summed E-state index contributed by atoms with van der Waals surface area (Å²) in [4.78, 5) is 50.9. The van der Waals surface area contributed by atoms with Crippen molar-refractivity contribution in [3.8, 4) is 0 Å². The average Bonchev–Trinajstić information content (AvgIpc) is 2.74. The second-order valence-electron chi connectivity index (χ2n) is 6.99. The summed E-state index contributed by atoms with van der Waals surface area (Å²) in [5, 5.41) is 12.3. The van der Waals surface area contributed by atoms with Gasteiger partial charge in [-0.1, -0.05) is 48.9 Å². The van der Waals surface area contributed by atoms with Gasteiger partial charge in [-0.3, -0.25) is 14.2 Å². The highest BCUT2D eigenvalue weighted by Crippen LogP contribution is 2.13. The van der Waals surface area contributed by atoms with E-state index in [1.807, 2.05) is 0 Å². The van der Waals surface area contributed by atoms with Crippen LogP contribution in [0.25, 0.3) is 10.9 Å². The lowest BCUT2D eigenvalue weighted by molar-refractivity contribution is -0.142. The molecule has 0 saturated heterocycles. The molecule has 0 bridgehead atoms. The fraction of sp³-hybridized carbons (Fsp3) is 0.273. The molecule has 0 aliphatic heterocycles. The van der Waals surface area contributed by atoms with E-state index in [2.05, 4.69) is 10.3 Å². The maximum absolute atomic E-state index is 12.5. The predicted octanol–water partition coefficient (Wildman–Crippen LogP) is 2.19. The van der Waals surface area contributed by atoms with Crippen LogP contribution in [0.15, 0.2) is 64.2 Å². The first-order valence-electron chi connectivity index (χ1n) is 9.76. The molecular weight excluding hydrogens is 386 g/mol. The lowest BCUT2D eigenvalue weighted by atomic mass is 10.1. The number of carboxylic acids is 1. The number of amides is 1. The van der Waals surface area contributed by atoms with Gasteiger partial charge in [0.05, 0.1) is 10.9 Å². The monoisotopic (exact) mass is 409 g/mol. The SMILES string of the molecule is O=C(CCCCCn1c(=O)[nH]c2ccccc2c1=O)N[C@@H](C(=O)O)c1ccccc1. The second kappa shape index (κ2) is 9.69. The molecule has 1 amide bonds. The fourth-order valence-corrected chi connectivity index (χ4v) is 3.30. The maximum atomic E-state index is 12.5. The first-order chi connectivity index (χ1) is 14.5. The summed E-state index contributed by atoms with van der Waals surface area (Å²) in [5.41, 5.74) is 0.225. The number of fused-ring (bicyclic) bond motifs is 1. The summed E-state index contributed by atoms with van der Waals surface area (Å²) in [6.07, 6.45) is 1.86. The number of nitrogens with one attached hydrogen (secondary N) is 2. The molecule has 1 heterocycles. The van der Waals surface area contributed by atoms with Crippen LogP contribution in [-0.4, -0.2) is 26.5 Å². The number of aromatic nitrogens is 2. The van der Waals surface area contributed by atoms with Crippen molar-refractivity contribution in [1.29, 1.82) is 0 Å². The van der Waals surface area contributed by atoms with Crippen LogP contribution in [0, 0.1) is 0 Å². The molecule has 1 atom stereocenters. The van der Waals surface area contributed by atoms with Gasteiger partial charge in [-0.15, -0.1) is 0 Å². The first-order valence-corrected chi connectivity index (χ1v) is 9.76. The molecule has 0 spiro atoms. The highest BCUT2D eigenvalue weighted by Gasteiger charge is 2.21. The number of nitrogens with zero attached hydrogens (tertiary/aromatic N) is 1. The minimum Gasteiger partial charge on any atom is -0.479 e. The van der Waals surface area contributed by atoms with Crippen LogP contribution in [0.1, 0.15) is 37.3 Å². The number of hydrogen-bond acceptors (Lipinski definition) is 4. The number of hydrogen-bond donors (Lipinski definition) is 3. The molecule has 0 aliphatic rings. The molecule has 8 nitrogen and oxygen atoms in total. The van der Waals surface area contributed by atoms with E-state index in [1.165, 1.54) is 0 Å². The Kier molecular flexibility index (Phi) is 6.79. The number of H-pyrrole nitrogens is 1. The second-order valence-corrected chi connectivity index (χ2v) is 6.99. The number of carbonyl (C=O) groups excluding carboxylic acids is 1. The van der Waals surface area contributed by atoms with Crippen LogP contribution in [0.3, 0.4) is 0 Å². The summed E-state index contributed by atoms with van der Waals surface area (Å²) in [7, 11) is 0. The Morgan fingerprint density at radius 3 is 2.40 bits per heavy atom. The molecule has 0 radical (unpaired) electrons. The molecule has 0 saturated carbocycles. The number of aromatic amines is 1. The van der Waals surface area contributed by atoms with Crippen molar-refractivity contribution in [1.82, 2.24) is 14.9 Å². The number of rotatable bonds is 9. The van der Waals surface area contributed by atoms with Crippen molar-refractivity contribution in [3.05, 3.63) is 81.0 Å². The average molecular weight is 409 g/mol. The summed E-state index contributed by atoms with van der Waals surface area (Å²) in [6.45, 7) is 0.252. The van der Waals surface area contributed by atoms with Crippen LogP contribution in [0.5, 0.6) is 0 Å². The number of para-hydroxylation sites is 1. The molecule has 3 aromatic rings. The Bertz CT molecular complexity index is 1150. The van der Waals surface area contributed by atoms with Crippen molar-refractivity contribution < 1.29 is 14.7 Å². The molecule has 0 fully saturated rings. The molecule has 3 N–H and O–H groups in total. The quantitative estimate of drug-likeness (QED) is 0.468. The lowest BCUT2D eigenvalue weighted by Gasteiger charge is -2.14. The van der Waals surface area contributed by atoms with Gasteiger partial charge < -0.3 is 15.4 Å². The van der Waals surface area contributed by atoms with E-state index in [0.717, 1.165) is 4.57 Å². The van der Waals surface area contributed by atoms with Crippen LogP contribution in [-0.2, 0) is 16.1 Å². The molecule has 30 heavy (non-hydrogen) atoms. The minimum atomic E-state index is -1.12. The van der Waals surface area contributed by atoms with Gasteiger partial charge in [0.15, 0.2) is 6.04 Å². The van der Waals surface area contributed by atoms with E-state index in [1.54, 1.807) is 54.6 Å². The molecular formula is C22H23N3O5. The summed E-state index contributed by atoms with van der Waals surface area (Å²) in [6, 6.07) is 14.3. The Labute approximate surface area is 172 Å². The zero-order valence-corrected chi connectivity index (χ0v) is 16.3. The number of benzene rings is 2. The van der Waals surface area contributed by atoms with E-state index in [-0.39, 0.29) is 24.4 Å². The zero-order valence-electron chi connectivity index (χ0n) is 16.3. The first kappa shape index (κ1) is 21.0. The van der Waals surface area contributed by atoms with Gasteiger partial charge >= 0.3 is 11.7 Å². The Hall–Kier alpha value is -3.68. The van der Waals surface area contributed by atoms with Gasteiger partial charge in [0.1, 0.15) is 0 Å². The van der Waals surface area contributed by atoms with Crippen LogP contribution >= 0.6 is 0 Å². The largest absolute Gasteiger partial charge is 0.479 e. The van der Waals surface area contributed by atoms with Crippen molar-refractivity contribution in [2.24, 2.45) is 0 Å². The number of carboxylic acid groups (broad SMARTS) is 1. The molecule has 0 unspecified atom stereocenters. The van der Waals surface area contributed by atoms with Crippen LogP contribution < -0.4 is 16.6 Å². The van der Waals surface area contributed by atoms with Crippen LogP contribution in [0.4, 0.5) is 0 Å². The molecule has 2 aromatic carbocycles. The number of unbranched alkanes of at least 4 members (excludes halogenated alkanes) is 2. The smallest absolute Gasteiger partial charge is 0.330 e. The third-order valence-corrected chi connectivity index (χ3v) is 4.86. The van der Waals surface area contributed by atoms with E-state index in [0.29, 0.717) is 35.7 Å². The molecule has 0 aliphatic carbocycles. The third-order valence-electron chi connectivity index (χ3n) is 4.86. The third kappa shape index (κ3) is 5.02. The summed E-state index contributed by atoms with van der Waals surface area (Å²) >= 11 is 0. The van der Waals surface area contributed by atoms with Gasteiger partial charge in [0.25, 0.3) is 5.56 Å². The normalized spacial score (nSPS) is 11.9. The van der Waals surface area contributed by atoms with Crippen molar-refractivity contribution in [3.63, 3.8) is 0 Å². The molecule has 1 aromatic heterocycles. The van der Waals surface area contributed by atoms with Gasteiger partial charge in [0, 0.05) is 13.0 Å². The van der Waals surface area contributed by atoms with Crippen molar-refractivity contribution in [2.75, 3.05) is 0 Å². The Balaban J connectivity index is 1.50. The number of aliphatic carboxylic acids is 1. The van der Waals surface area contributed by atoms with E-state index in [4.69, 9.17) is 0 Å². The number of carbonyl (C=O) groups is 2. The molecule has 3 rings (SSSR count). The van der Waals surface area contributed by atoms with E-state index in [9.17, 15) is 24.3 Å². The standard InChI is InChI=1S/C22H23N3O5/c26-18(24-19(21(28)29)15-9-3-1-4-10-15)13-5-2-8-14-25-20(27)16-11-6-7-12-17(16)23-22(25)30/h1,3-4,6-7,9-12,19H,2,5,8,13-14H2,(H,23,30)(H,24,26)(H,28,29)/t19-/m1/s1. The summed E-state index contributed by atoms with van der Waals surface area (Å²) < 4.78 is 1.16. The molecule has 8 heteroatoms. The van der Waals surface area contributed by atoms with Gasteiger partial charge in [-0.2, -0.15) is 0 Å². The van der Waals surface area contributed by atoms with E-state index >= 15 is 0 Å². The highest BCUT2D eigenvalue weighted by molar-refractivity contribution is 5.84. The maximum Gasteiger partial charge on any atom is 0.330 e. The Morgan fingerprint density at radius 2 is 1.67 bits per heavy atom. The van der Waals surface area contributed by atoms with E-state index < -0.39 is 17.7 Å². The highest BCUT2D eigenvalue weighted by atomic mass is 16.4. The summed E-state index contributed by atoms with van der Waals surface area (Å²) in [5.74, 6) is -1.48. The lowest BCUT2D eigenvalue weighted by Crippen LogP contribution is -2.35. The topological polar surface area (TPSA) is 121 Å². The fourth-order valence-electron chi connectivity index (χ4n) is 3.30. The van der Waals surface area contributed by atoms with Gasteiger partial charge in [0.2, 0.25) is 5.91 Å². The van der Waals surface area contributed by atoms with Crippen molar-refractivity contribution >= 4 is 22.8 Å². The predicted molar refractivity (Wildman–Crippen MR) is 112 cm³/mol. The Morgan fingerprint density at radius 1 is 0.967 bits per heavy atom. The van der Waals surface area contributed by atoms with Crippen molar-refractivity contribution in [2.45, 2.75) is 38.3 Å². The molecule has 156 valence electrons. The van der Waals surface area contributed by atoms with Crippen LogP contribution in [0.2, 0.25) is 0 Å². The minimum absolute atomic E-state index is 0.166. The van der Waals surface area contributed by atoms with Gasteiger partial charge in [-0.05, 0) is 30.5 Å².